The molecule has 3 amide bonds. The van der Waals surface area contributed by atoms with E-state index in [4.69, 9.17) is 27.9 Å². The number of nitrogens with one attached hydrogen (secondary N) is 1. The maximum atomic E-state index is 13.0. The van der Waals surface area contributed by atoms with Crippen LogP contribution in [0.1, 0.15) is 40.0 Å². The predicted molar refractivity (Wildman–Crippen MR) is 113 cm³/mol. The molecule has 1 aliphatic heterocycles. The van der Waals surface area contributed by atoms with Crippen molar-refractivity contribution in [2.45, 2.75) is 46.1 Å². The monoisotopic (exact) mass is 450 g/mol. The number of nitrogens with zero attached hydrogens (tertiary/aromatic N) is 1. The van der Waals surface area contributed by atoms with Gasteiger partial charge >= 0.3 is 0 Å². The second-order valence-electron chi connectivity index (χ2n) is 8.37. The third kappa shape index (κ3) is 3.30. The summed E-state index contributed by atoms with van der Waals surface area (Å²) in [6.07, 6.45) is 1.24. The minimum atomic E-state index is -0.924. The summed E-state index contributed by atoms with van der Waals surface area (Å²) >= 11 is 12.1. The third-order valence-electron chi connectivity index (χ3n) is 6.48. The molecule has 1 heterocycles. The zero-order valence-electron chi connectivity index (χ0n) is 17.1. The highest BCUT2D eigenvalue weighted by atomic mass is 35.5. The average Bonchev–Trinajstić information content (AvgIpc) is 3.34. The van der Waals surface area contributed by atoms with Crippen LogP contribution >= 0.6 is 23.2 Å². The van der Waals surface area contributed by atoms with Gasteiger partial charge < -0.3 is 4.74 Å². The number of carbonyl (C=O) groups is 3. The van der Waals surface area contributed by atoms with E-state index in [1.165, 1.54) is 17.2 Å². The van der Waals surface area contributed by atoms with E-state index in [9.17, 15) is 14.4 Å². The van der Waals surface area contributed by atoms with Gasteiger partial charge in [-0.2, -0.15) is 5.01 Å². The lowest BCUT2D eigenvalue weighted by Crippen LogP contribution is -2.51. The molecule has 6 nitrogen and oxygen atoms in total. The quantitative estimate of drug-likeness (QED) is 0.539. The summed E-state index contributed by atoms with van der Waals surface area (Å²) in [6.45, 7) is 5.85. The summed E-state index contributed by atoms with van der Waals surface area (Å²) in [4.78, 5) is 38.9. The van der Waals surface area contributed by atoms with Crippen LogP contribution in [-0.2, 0) is 14.4 Å². The molecule has 0 spiro atoms. The van der Waals surface area contributed by atoms with Crippen LogP contribution in [0.3, 0.4) is 0 Å². The molecule has 3 fully saturated rings. The van der Waals surface area contributed by atoms with Crippen LogP contribution in [0, 0.1) is 23.7 Å². The second kappa shape index (κ2) is 7.89. The Balaban J connectivity index is 1.50. The summed E-state index contributed by atoms with van der Waals surface area (Å²) in [7, 11) is 0. The molecule has 3 aliphatic rings. The van der Waals surface area contributed by atoms with E-state index < -0.39 is 12.0 Å². The number of rotatable bonds is 5. The lowest BCUT2D eigenvalue weighted by molar-refractivity contribution is -0.151. The van der Waals surface area contributed by atoms with E-state index in [1.807, 2.05) is 13.8 Å². The Labute approximate surface area is 185 Å². The molecule has 4 rings (SSSR count). The molecule has 0 radical (unpaired) electrons. The van der Waals surface area contributed by atoms with Gasteiger partial charge in [0.15, 0.2) is 6.10 Å². The van der Waals surface area contributed by atoms with Crippen LogP contribution in [-0.4, -0.2) is 28.8 Å². The molecule has 1 aromatic rings. The largest absolute Gasteiger partial charge is 0.479 e. The zero-order valence-corrected chi connectivity index (χ0v) is 18.6. The number of carbonyl (C=O) groups excluding carboxylic acids is 3. The Hall–Kier alpha value is -2.05. The number of hydrazine groups is 1. The molecule has 160 valence electrons. The number of allylic oxidation sites excluding steroid dienone is 2. The number of fused-ring (bicyclic) bond motifs is 5. The smallest absolute Gasteiger partial charge is 0.279 e. The zero-order chi connectivity index (χ0) is 21.7. The van der Waals surface area contributed by atoms with Gasteiger partial charge in [-0.25, -0.2) is 0 Å². The molecule has 1 saturated heterocycles. The van der Waals surface area contributed by atoms with Crippen molar-refractivity contribution in [2.24, 2.45) is 23.7 Å². The van der Waals surface area contributed by atoms with E-state index in [2.05, 4.69) is 5.43 Å². The molecule has 2 saturated carbocycles. The number of halogens is 2. The second-order valence-corrected chi connectivity index (χ2v) is 9.22. The number of imide groups is 1. The first-order valence-corrected chi connectivity index (χ1v) is 11.0. The molecule has 0 unspecified atom stereocenters. The molecule has 1 aromatic carbocycles. The van der Waals surface area contributed by atoms with Crippen molar-refractivity contribution in [1.29, 1.82) is 0 Å². The van der Waals surface area contributed by atoms with E-state index in [1.54, 1.807) is 19.1 Å². The number of hydrogen-bond acceptors (Lipinski definition) is 4. The summed E-state index contributed by atoms with van der Waals surface area (Å²) < 4.78 is 5.73. The molecule has 1 N–H and O–H groups in total. The lowest BCUT2D eigenvalue weighted by atomic mass is 9.81. The Morgan fingerprint density at radius 2 is 1.77 bits per heavy atom. The van der Waals surface area contributed by atoms with Gasteiger partial charge in [0.05, 0.1) is 16.9 Å². The normalized spacial score (nSPS) is 28.0. The Kier molecular flexibility index (Phi) is 5.58. The highest BCUT2D eigenvalue weighted by Crippen LogP contribution is 2.59. The number of amides is 3. The topological polar surface area (TPSA) is 75.7 Å². The fourth-order valence-electron chi connectivity index (χ4n) is 5.33. The highest BCUT2D eigenvalue weighted by molar-refractivity contribution is 6.34. The van der Waals surface area contributed by atoms with Crippen molar-refractivity contribution in [3.63, 3.8) is 0 Å². The number of hydrogen-bond donors (Lipinski definition) is 1. The average molecular weight is 451 g/mol. The first kappa shape index (κ1) is 21.2. The first-order chi connectivity index (χ1) is 14.2. The number of benzene rings is 1. The van der Waals surface area contributed by atoms with Gasteiger partial charge in [-0.15, -0.1) is 0 Å². The van der Waals surface area contributed by atoms with Gasteiger partial charge in [-0.3, -0.25) is 19.8 Å². The molecule has 30 heavy (non-hydrogen) atoms. The standard InChI is InChI=1S/C22H24Cl2N2O4/c1-4-15(30-16-9-11(23)5-8-14(16)24)20(27)25-26-21(28)18-12-6-7-13(17(12)10(2)3)19(18)22(26)29/h5,8-9,12-13,15,18-19H,4,6-7H2,1-3H3,(H,25,27)/t12-,13-,15+,18-,19+/m0/s1. The van der Waals surface area contributed by atoms with Crippen molar-refractivity contribution in [3.05, 3.63) is 39.4 Å². The van der Waals surface area contributed by atoms with Crippen molar-refractivity contribution < 1.29 is 19.1 Å². The Morgan fingerprint density at radius 3 is 2.30 bits per heavy atom. The van der Waals surface area contributed by atoms with Gasteiger partial charge in [-0.05, 0) is 57.1 Å². The van der Waals surface area contributed by atoms with Crippen LogP contribution in [0.2, 0.25) is 10.0 Å². The predicted octanol–water partition coefficient (Wildman–Crippen LogP) is 4.16. The molecule has 8 heteroatoms. The number of ether oxygens (including phenoxy) is 1. The summed E-state index contributed by atoms with van der Waals surface area (Å²) in [5, 5.41) is 1.66. The fourth-order valence-corrected chi connectivity index (χ4v) is 5.65. The Morgan fingerprint density at radius 1 is 1.17 bits per heavy atom. The van der Waals surface area contributed by atoms with Crippen LogP contribution < -0.4 is 10.2 Å². The van der Waals surface area contributed by atoms with E-state index in [0.29, 0.717) is 16.5 Å². The molecule has 2 aliphatic carbocycles. The maximum Gasteiger partial charge on any atom is 0.279 e. The van der Waals surface area contributed by atoms with E-state index >= 15 is 0 Å². The van der Waals surface area contributed by atoms with Gasteiger partial charge in [0.25, 0.3) is 17.7 Å². The summed E-state index contributed by atoms with van der Waals surface area (Å²) in [6, 6.07) is 4.72. The molecule has 2 bridgehead atoms. The van der Waals surface area contributed by atoms with Crippen molar-refractivity contribution in [3.8, 4) is 5.75 Å². The Bertz CT molecular complexity index is 924. The van der Waals surface area contributed by atoms with Crippen LogP contribution in [0.15, 0.2) is 29.3 Å². The minimum Gasteiger partial charge on any atom is -0.479 e. The molecular weight excluding hydrogens is 427 g/mol. The van der Waals surface area contributed by atoms with Gasteiger partial charge in [-0.1, -0.05) is 41.3 Å². The van der Waals surface area contributed by atoms with Crippen molar-refractivity contribution in [1.82, 2.24) is 10.4 Å². The summed E-state index contributed by atoms with van der Waals surface area (Å²) in [5.41, 5.74) is 4.97. The lowest BCUT2D eigenvalue weighted by Gasteiger charge is -2.23. The van der Waals surface area contributed by atoms with Crippen LogP contribution in [0.25, 0.3) is 0 Å². The maximum absolute atomic E-state index is 13.0. The van der Waals surface area contributed by atoms with Gasteiger partial charge in [0, 0.05) is 11.1 Å². The van der Waals surface area contributed by atoms with Gasteiger partial charge in [0.2, 0.25) is 0 Å². The molecule has 5 atom stereocenters. The summed E-state index contributed by atoms with van der Waals surface area (Å²) in [5.74, 6) is -1.47. The fraction of sp³-hybridized carbons (Fsp3) is 0.500. The van der Waals surface area contributed by atoms with Crippen molar-refractivity contribution >= 4 is 40.9 Å². The molecular formula is C22H24Cl2N2O4. The highest BCUT2D eigenvalue weighted by Gasteiger charge is 2.63. The minimum absolute atomic E-state index is 0.104. The van der Waals surface area contributed by atoms with Crippen LogP contribution in [0.5, 0.6) is 5.75 Å². The third-order valence-corrected chi connectivity index (χ3v) is 7.02. The SMILES string of the molecule is CC[C@@H](Oc1cc(Cl)ccc1Cl)C(=O)NN1C(=O)[C@@H]2[C@H](C1=O)[C@H]1CC[C@H]2C1=C(C)C. The van der Waals surface area contributed by atoms with E-state index in [0.717, 1.165) is 17.9 Å². The molecule has 0 aromatic heterocycles. The van der Waals surface area contributed by atoms with Gasteiger partial charge in [0.1, 0.15) is 5.75 Å². The van der Waals surface area contributed by atoms with Crippen LogP contribution in [0.4, 0.5) is 0 Å². The van der Waals surface area contributed by atoms with E-state index in [-0.39, 0.29) is 41.2 Å². The van der Waals surface area contributed by atoms with Crippen molar-refractivity contribution in [2.75, 3.05) is 0 Å². The first-order valence-electron chi connectivity index (χ1n) is 10.2.